The monoisotopic (exact) mass is 455 g/mol. The lowest BCUT2D eigenvalue weighted by Gasteiger charge is -2.15. The summed E-state index contributed by atoms with van der Waals surface area (Å²) in [5.74, 6) is -1.26. The molecule has 7 nitrogen and oxygen atoms in total. The number of halogens is 2. The van der Waals surface area contributed by atoms with Crippen LogP contribution in [-0.4, -0.2) is 20.2 Å². The van der Waals surface area contributed by atoms with Gasteiger partial charge in [-0.15, -0.1) is 0 Å². The van der Waals surface area contributed by atoms with Crippen molar-refractivity contribution in [3.8, 4) is 0 Å². The van der Waals surface area contributed by atoms with E-state index in [1.165, 1.54) is 24.3 Å². The number of nitrogens with two attached hydrogens (primary N) is 1. The predicted octanol–water partition coefficient (Wildman–Crippen LogP) is 2.53. The van der Waals surface area contributed by atoms with Crippen molar-refractivity contribution in [1.82, 2.24) is 0 Å². The Balaban J connectivity index is 1.87. The molecule has 0 spiro atoms. The Morgan fingerprint density at radius 2 is 1.54 bits per heavy atom. The Bertz CT molecular complexity index is 1030. The van der Waals surface area contributed by atoms with Crippen molar-refractivity contribution >= 4 is 60.7 Å². The van der Waals surface area contributed by atoms with Gasteiger partial charge >= 0.3 is 0 Å². The number of anilines is 2. The van der Waals surface area contributed by atoms with Gasteiger partial charge in [-0.2, -0.15) is 0 Å². The molecule has 0 aliphatic carbocycles. The SMILES string of the molecule is NS(=O)(=O)c1ccc(NC2=C(Cl)C(=O)N(c3ccc(Br)cc3)C2=O)cc1. The highest BCUT2D eigenvalue weighted by molar-refractivity contribution is 9.10. The standard InChI is InChI=1S/C16H11BrClN3O4S/c17-9-1-5-11(6-2-9)21-15(22)13(18)14(16(21)23)20-10-3-7-12(8-4-10)26(19,24)25/h1-8,20H,(H2,19,24,25). The molecule has 2 amide bonds. The molecule has 0 atom stereocenters. The lowest BCUT2D eigenvalue weighted by Crippen LogP contribution is -2.32. The molecule has 0 aromatic heterocycles. The maximum absolute atomic E-state index is 12.6. The first-order valence-electron chi connectivity index (χ1n) is 7.12. The molecule has 3 N–H and O–H groups in total. The third-order valence-corrected chi connectivity index (χ3v) is 5.37. The summed E-state index contributed by atoms with van der Waals surface area (Å²) in [6.45, 7) is 0. The second-order valence-corrected chi connectivity index (χ2v) is 8.16. The second kappa shape index (κ2) is 6.84. The quantitative estimate of drug-likeness (QED) is 0.687. The Morgan fingerprint density at radius 1 is 0.962 bits per heavy atom. The van der Waals surface area contributed by atoms with Crippen LogP contribution < -0.4 is 15.4 Å². The fraction of sp³-hybridized carbons (Fsp3) is 0. The molecule has 3 rings (SSSR count). The van der Waals surface area contributed by atoms with E-state index in [-0.39, 0.29) is 15.6 Å². The molecule has 0 fully saturated rings. The highest BCUT2D eigenvalue weighted by Gasteiger charge is 2.38. The van der Waals surface area contributed by atoms with Gasteiger partial charge in [0.15, 0.2) is 0 Å². The molecular weight excluding hydrogens is 446 g/mol. The molecule has 0 unspecified atom stereocenters. The van der Waals surface area contributed by atoms with Crippen LogP contribution in [-0.2, 0) is 19.6 Å². The van der Waals surface area contributed by atoms with E-state index in [4.69, 9.17) is 16.7 Å². The molecule has 0 saturated carbocycles. The summed E-state index contributed by atoms with van der Waals surface area (Å²) in [4.78, 5) is 25.8. The summed E-state index contributed by atoms with van der Waals surface area (Å²) in [5.41, 5.74) is 0.662. The van der Waals surface area contributed by atoms with Gasteiger partial charge in [0.25, 0.3) is 11.8 Å². The first-order chi connectivity index (χ1) is 12.2. The minimum absolute atomic E-state index is 0.0755. The molecule has 1 aliphatic rings. The topological polar surface area (TPSA) is 110 Å². The maximum Gasteiger partial charge on any atom is 0.283 e. The van der Waals surface area contributed by atoms with E-state index in [0.717, 1.165) is 9.37 Å². The van der Waals surface area contributed by atoms with E-state index in [2.05, 4.69) is 21.2 Å². The number of carbonyl (C=O) groups excluding carboxylic acids is 2. The number of amides is 2. The number of hydrogen-bond donors (Lipinski definition) is 2. The molecule has 1 aliphatic heterocycles. The Hall–Kier alpha value is -2.20. The van der Waals surface area contributed by atoms with Crippen molar-refractivity contribution in [2.75, 3.05) is 10.2 Å². The minimum Gasteiger partial charge on any atom is -0.350 e. The lowest BCUT2D eigenvalue weighted by molar-refractivity contribution is -0.120. The van der Waals surface area contributed by atoms with E-state index < -0.39 is 21.8 Å². The zero-order valence-corrected chi connectivity index (χ0v) is 16.1. The van der Waals surface area contributed by atoms with Crippen LogP contribution in [0.15, 0.2) is 68.6 Å². The van der Waals surface area contributed by atoms with E-state index in [9.17, 15) is 18.0 Å². The zero-order chi connectivity index (χ0) is 19.1. The van der Waals surface area contributed by atoms with Gasteiger partial charge in [0.2, 0.25) is 10.0 Å². The Labute approximate surface area is 162 Å². The summed E-state index contributed by atoms with van der Waals surface area (Å²) < 4.78 is 23.4. The van der Waals surface area contributed by atoms with Crippen molar-refractivity contribution in [3.63, 3.8) is 0 Å². The molecular formula is C16H11BrClN3O4S. The van der Waals surface area contributed by atoms with Gasteiger partial charge in [-0.1, -0.05) is 27.5 Å². The number of rotatable bonds is 4. The first kappa shape index (κ1) is 18.6. The molecule has 1 heterocycles. The summed E-state index contributed by atoms with van der Waals surface area (Å²) >= 11 is 9.32. The molecule has 2 aromatic carbocycles. The van der Waals surface area contributed by atoms with Crippen LogP contribution in [0.25, 0.3) is 0 Å². The molecule has 26 heavy (non-hydrogen) atoms. The van der Waals surface area contributed by atoms with Crippen LogP contribution in [0.1, 0.15) is 0 Å². The Kier molecular flexibility index (Phi) is 4.89. The van der Waals surface area contributed by atoms with Gasteiger partial charge in [0.05, 0.1) is 10.6 Å². The van der Waals surface area contributed by atoms with Gasteiger partial charge < -0.3 is 5.32 Å². The average molecular weight is 457 g/mol. The summed E-state index contributed by atoms with van der Waals surface area (Å²) in [6.07, 6.45) is 0. The van der Waals surface area contributed by atoms with Crippen LogP contribution in [0.2, 0.25) is 0 Å². The minimum atomic E-state index is -3.82. The second-order valence-electron chi connectivity index (χ2n) is 5.31. The number of primary sulfonamides is 1. The van der Waals surface area contributed by atoms with Crippen molar-refractivity contribution in [1.29, 1.82) is 0 Å². The number of nitrogens with one attached hydrogen (secondary N) is 1. The summed E-state index contributed by atoms with van der Waals surface area (Å²) in [7, 11) is -3.82. The highest BCUT2D eigenvalue weighted by Crippen LogP contribution is 2.30. The van der Waals surface area contributed by atoms with Gasteiger partial charge in [0, 0.05) is 10.2 Å². The predicted molar refractivity (Wildman–Crippen MR) is 101 cm³/mol. The van der Waals surface area contributed by atoms with Crippen molar-refractivity contribution < 1.29 is 18.0 Å². The number of imide groups is 1. The summed E-state index contributed by atoms with van der Waals surface area (Å²) in [5, 5.41) is 7.53. The van der Waals surface area contributed by atoms with E-state index >= 15 is 0 Å². The average Bonchev–Trinajstić information content (AvgIpc) is 2.79. The largest absolute Gasteiger partial charge is 0.350 e. The molecule has 10 heteroatoms. The first-order valence-corrected chi connectivity index (χ1v) is 9.84. The van der Waals surface area contributed by atoms with E-state index in [0.29, 0.717) is 11.4 Å². The lowest BCUT2D eigenvalue weighted by atomic mass is 10.3. The fourth-order valence-electron chi connectivity index (χ4n) is 2.31. The third-order valence-electron chi connectivity index (χ3n) is 3.56. The van der Waals surface area contributed by atoms with Crippen LogP contribution in [0.5, 0.6) is 0 Å². The fourth-order valence-corrected chi connectivity index (χ4v) is 3.30. The molecule has 0 bridgehead atoms. The highest BCUT2D eigenvalue weighted by atomic mass is 79.9. The summed E-state index contributed by atoms with van der Waals surface area (Å²) in [6, 6.07) is 12.0. The number of sulfonamides is 1. The van der Waals surface area contributed by atoms with E-state index in [1.807, 2.05) is 0 Å². The molecule has 2 aromatic rings. The normalized spacial score (nSPS) is 15.0. The molecule has 0 radical (unpaired) electrons. The number of hydrogen-bond acceptors (Lipinski definition) is 5. The number of benzene rings is 2. The molecule has 134 valence electrons. The number of nitrogens with zero attached hydrogens (tertiary/aromatic N) is 1. The van der Waals surface area contributed by atoms with E-state index in [1.54, 1.807) is 24.3 Å². The van der Waals surface area contributed by atoms with Crippen molar-refractivity contribution in [2.45, 2.75) is 4.90 Å². The van der Waals surface area contributed by atoms with Gasteiger partial charge in [-0.3, -0.25) is 9.59 Å². The van der Waals surface area contributed by atoms with Crippen LogP contribution >= 0.6 is 27.5 Å². The van der Waals surface area contributed by atoms with Gasteiger partial charge in [-0.05, 0) is 48.5 Å². The Morgan fingerprint density at radius 3 is 2.08 bits per heavy atom. The zero-order valence-electron chi connectivity index (χ0n) is 12.9. The van der Waals surface area contributed by atoms with Crippen LogP contribution in [0, 0.1) is 0 Å². The van der Waals surface area contributed by atoms with Gasteiger partial charge in [0.1, 0.15) is 10.7 Å². The maximum atomic E-state index is 12.6. The van der Waals surface area contributed by atoms with Crippen molar-refractivity contribution in [3.05, 3.63) is 63.7 Å². The van der Waals surface area contributed by atoms with Gasteiger partial charge in [-0.25, -0.2) is 18.5 Å². The van der Waals surface area contributed by atoms with Crippen LogP contribution in [0.3, 0.4) is 0 Å². The van der Waals surface area contributed by atoms with Crippen LogP contribution in [0.4, 0.5) is 11.4 Å². The smallest absolute Gasteiger partial charge is 0.283 e. The third kappa shape index (κ3) is 3.51. The van der Waals surface area contributed by atoms with Crippen molar-refractivity contribution in [2.24, 2.45) is 5.14 Å². The molecule has 0 saturated heterocycles. The number of carbonyl (C=O) groups is 2.